The molecular weight excluding hydrogens is 355 g/mol. The molecule has 0 bridgehead atoms. The number of carbonyl (C=O) groups is 2. The number of rotatable bonds is 6. The van der Waals surface area contributed by atoms with E-state index in [1.165, 1.54) is 0 Å². The normalized spacial score (nSPS) is 25.6. The van der Waals surface area contributed by atoms with Crippen LogP contribution in [0.15, 0.2) is 24.1 Å². The number of amides is 2. The fourth-order valence-electron chi connectivity index (χ4n) is 4.58. The van der Waals surface area contributed by atoms with Crippen molar-refractivity contribution in [3.05, 3.63) is 24.1 Å². The minimum Gasteiger partial charge on any atom is -0.344 e. The van der Waals surface area contributed by atoms with Gasteiger partial charge in [0.1, 0.15) is 11.9 Å². The van der Waals surface area contributed by atoms with Gasteiger partial charge in [0, 0.05) is 19.5 Å². The minimum atomic E-state index is -0.481. The van der Waals surface area contributed by atoms with Gasteiger partial charge in [-0.2, -0.15) is 0 Å². The molecule has 0 radical (unpaired) electrons. The molecule has 1 aliphatic carbocycles. The van der Waals surface area contributed by atoms with Crippen LogP contribution < -0.4 is 5.32 Å². The molecule has 1 heterocycles. The number of allylic oxidation sites excluding steroid dienone is 4. The summed E-state index contributed by atoms with van der Waals surface area (Å²) in [5.74, 6) is 0.835. The van der Waals surface area contributed by atoms with Gasteiger partial charge in [-0.15, -0.1) is 0 Å². The van der Waals surface area contributed by atoms with E-state index in [0.717, 1.165) is 12.8 Å². The van der Waals surface area contributed by atoms with E-state index in [-0.39, 0.29) is 34.9 Å². The Hall–Kier alpha value is -1.65. The van der Waals surface area contributed by atoms with Crippen molar-refractivity contribution in [2.75, 3.05) is 13.1 Å². The highest BCUT2D eigenvalue weighted by Gasteiger charge is 2.42. The van der Waals surface area contributed by atoms with Crippen LogP contribution in [-0.2, 0) is 9.59 Å². The van der Waals surface area contributed by atoms with Crippen molar-refractivity contribution in [2.45, 2.75) is 66.8 Å². The van der Waals surface area contributed by atoms with E-state index < -0.39 is 6.04 Å². The largest absolute Gasteiger partial charge is 0.344 e. The molecule has 158 valence electrons. The maximum atomic E-state index is 13.3. The molecule has 2 aliphatic rings. The third-order valence-electron chi connectivity index (χ3n) is 6.07. The molecule has 0 saturated carbocycles. The quantitative estimate of drug-likeness (QED) is 0.725. The van der Waals surface area contributed by atoms with Gasteiger partial charge in [-0.05, 0) is 54.1 Å². The topological polar surface area (TPSA) is 49.4 Å². The minimum absolute atomic E-state index is 0.0174. The smallest absolute Gasteiger partial charge is 0.245 e. The summed E-state index contributed by atoms with van der Waals surface area (Å²) in [6, 6.07) is -0.481. The molecule has 0 spiro atoms. The standard InChI is InChI=1S/C23H37FN2O2/c1-15(2)13-20(27)25-21(16(3)4)22(28)26-12-11-19(23(5,6)14-26)17-7-9-18(24)10-8-17/h7,9-10,15-17,19,21H,8,11-14H2,1-6H3,(H,25,27)/t17?,19?,21-/m1/s1. The molecular formula is C23H37FN2O2. The van der Waals surface area contributed by atoms with Crippen LogP contribution in [0.1, 0.15) is 60.8 Å². The van der Waals surface area contributed by atoms with Crippen LogP contribution in [0.25, 0.3) is 0 Å². The highest BCUT2D eigenvalue weighted by atomic mass is 19.1. The molecule has 0 aromatic carbocycles. The molecule has 0 aromatic heterocycles. The Morgan fingerprint density at radius 1 is 1.29 bits per heavy atom. The van der Waals surface area contributed by atoms with Gasteiger partial charge in [0.25, 0.3) is 0 Å². The second kappa shape index (κ2) is 9.23. The number of likely N-dealkylation sites (tertiary alicyclic amines) is 1. The van der Waals surface area contributed by atoms with E-state index >= 15 is 0 Å². The van der Waals surface area contributed by atoms with E-state index in [0.29, 0.717) is 31.3 Å². The first-order valence-electron chi connectivity index (χ1n) is 10.6. The molecule has 1 N–H and O–H groups in total. The van der Waals surface area contributed by atoms with Crippen molar-refractivity contribution in [1.29, 1.82) is 0 Å². The molecule has 5 heteroatoms. The molecule has 1 saturated heterocycles. The molecule has 3 atom stereocenters. The maximum absolute atomic E-state index is 13.3. The summed E-state index contributed by atoms with van der Waals surface area (Å²) in [6.07, 6.45) is 7.28. The first-order chi connectivity index (χ1) is 13.0. The average Bonchev–Trinajstić information content (AvgIpc) is 2.58. The van der Waals surface area contributed by atoms with Crippen molar-refractivity contribution in [2.24, 2.45) is 29.1 Å². The van der Waals surface area contributed by atoms with Crippen LogP contribution in [0.4, 0.5) is 4.39 Å². The fraction of sp³-hybridized carbons (Fsp3) is 0.739. The zero-order valence-corrected chi connectivity index (χ0v) is 18.3. The van der Waals surface area contributed by atoms with E-state index in [9.17, 15) is 14.0 Å². The molecule has 1 aliphatic heterocycles. The predicted octanol–water partition coefficient (Wildman–Crippen LogP) is 4.48. The number of nitrogens with one attached hydrogen (secondary N) is 1. The van der Waals surface area contributed by atoms with Gasteiger partial charge in [-0.1, -0.05) is 47.6 Å². The fourth-order valence-corrected chi connectivity index (χ4v) is 4.58. The Bertz CT molecular complexity index is 637. The Balaban J connectivity index is 2.04. The maximum Gasteiger partial charge on any atom is 0.245 e. The third-order valence-corrected chi connectivity index (χ3v) is 6.07. The van der Waals surface area contributed by atoms with Crippen molar-refractivity contribution in [3.8, 4) is 0 Å². The first-order valence-corrected chi connectivity index (χ1v) is 10.6. The molecule has 2 amide bonds. The van der Waals surface area contributed by atoms with Gasteiger partial charge < -0.3 is 10.2 Å². The summed E-state index contributed by atoms with van der Waals surface area (Å²) in [5, 5.41) is 2.96. The second-order valence-electron chi connectivity index (χ2n) is 9.88. The Kier molecular flexibility index (Phi) is 7.46. The summed E-state index contributed by atoms with van der Waals surface area (Å²) in [5.41, 5.74) is -0.0615. The number of carbonyl (C=O) groups excluding carboxylic acids is 2. The lowest BCUT2D eigenvalue weighted by Crippen LogP contribution is -2.57. The summed E-state index contributed by atoms with van der Waals surface area (Å²) in [6.45, 7) is 13.7. The van der Waals surface area contributed by atoms with Crippen LogP contribution in [0.2, 0.25) is 0 Å². The van der Waals surface area contributed by atoms with Crippen LogP contribution in [0.3, 0.4) is 0 Å². The van der Waals surface area contributed by atoms with Crippen LogP contribution >= 0.6 is 0 Å². The number of hydrogen-bond acceptors (Lipinski definition) is 2. The van der Waals surface area contributed by atoms with Crippen molar-refractivity contribution in [1.82, 2.24) is 10.2 Å². The van der Waals surface area contributed by atoms with Crippen LogP contribution in [0.5, 0.6) is 0 Å². The van der Waals surface area contributed by atoms with Crippen molar-refractivity contribution in [3.63, 3.8) is 0 Å². The van der Waals surface area contributed by atoms with E-state index in [1.807, 2.05) is 38.7 Å². The monoisotopic (exact) mass is 392 g/mol. The Morgan fingerprint density at radius 3 is 2.46 bits per heavy atom. The zero-order chi connectivity index (χ0) is 21.1. The van der Waals surface area contributed by atoms with Crippen LogP contribution in [-0.4, -0.2) is 35.8 Å². The Morgan fingerprint density at radius 2 is 1.96 bits per heavy atom. The first kappa shape index (κ1) is 22.6. The zero-order valence-electron chi connectivity index (χ0n) is 18.3. The SMILES string of the molecule is CC(C)CC(=O)N[C@@H](C(=O)N1CCC(C2C=CC(F)=CC2)C(C)(C)C1)C(C)C. The van der Waals surface area contributed by atoms with Crippen LogP contribution in [0, 0.1) is 29.1 Å². The number of nitrogens with zero attached hydrogens (tertiary/aromatic N) is 1. The average molecular weight is 393 g/mol. The third kappa shape index (κ3) is 5.68. The molecule has 0 aromatic rings. The number of piperidine rings is 1. The van der Waals surface area contributed by atoms with E-state index in [2.05, 4.69) is 19.2 Å². The number of halogens is 1. The van der Waals surface area contributed by atoms with Gasteiger partial charge >= 0.3 is 0 Å². The number of hydrogen-bond donors (Lipinski definition) is 1. The molecule has 28 heavy (non-hydrogen) atoms. The van der Waals surface area contributed by atoms with Crippen molar-refractivity contribution >= 4 is 11.8 Å². The van der Waals surface area contributed by atoms with Gasteiger partial charge in [0.05, 0.1) is 0 Å². The van der Waals surface area contributed by atoms with E-state index in [1.54, 1.807) is 12.2 Å². The lowest BCUT2D eigenvalue weighted by molar-refractivity contribution is -0.142. The summed E-state index contributed by atoms with van der Waals surface area (Å²) >= 11 is 0. The summed E-state index contributed by atoms with van der Waals surface area (Å²) < 4.78 is 13.3. The van der Waals surface area contributed by atoms with Gasteiger partial charge in [0.2, 0.25) is 11.8 Å². The second-order valence-corrected chi connectivity index (χ2v) is 9.88. The predicted molar refractivity (Wildman–Crippen MR) is 111 cm³/mol. The van der Waals surface area contributed by atoms with Gasteiger partial charge in [0.15, 0.2) is 0 Å². The lowest BCUT2D eigenvalue weighted by atomic mass is 9.66. The van der Waals surface area contributed by atoms with Gasteiger partial charge in [-0.25, -0.2) is 4.39 Å². The lowest BCUT2D eigenvalue weighted by Gasteiger charge is -2.48. The Labute approximate surface area is 169 Å². The van der Waals surface area contributed by atoms with E-state index in [4.69, 9.17) is 0 Å². The highest BCUT2D eigenvalue weighted by molar-refractivity contribution is 5.88. The molecule has 4 nitrogen and oxygen atoms in total. The molecule has 2 unspecified atom stereocenters. The highest BCUT2D eigenvalue weighted by Crippen LogP contribution is 2.43. The van der Waals surface area contributed by atoms with Crippen molar-refractivity contribution < 1.29 is 14.0 Å². The molecule has 1 fully saturated rings. The molecule has 2 rings (SSSR count). The summed E-state index contributed by atoms with van der Waals surface area (Å²) in [7, 11) is 0. The van der Waals surface area contributed by atoms with Gasteiger partial charge in [-0.3, -0.25) is 9.59 Å². The summed E-state index contributed by atoms with van der Waals surface area (Å²) in [4.78, 5) is 27.4.